The molecule has 0 atom stereocenters. The predicted molar refractivity (Wildman–Crippen MR) is 76.1 cm³/mol. The van der Waals surface area contributed by atoms with Crippen molar-refractivity contribution in [2.75, 3.05) is 12.3 Å². The Kier molecular flexibility index (Phi) is 4.61. The van der Waals surface area contributed by atoms with Crippen LogP contribution in [0.15, 0.2) is 0 Å². The van der Waals surface area contributed by atoms with Crippen LogP contribution >= 0.6 is 0 Å². The summed E-state index contributed by atoms with van der Waals surface area (Å²) in [6.45, 7) is 12.4. The van der Waals surface area contributed by atoms with E-state index in [2.05, 4.69) is 25.9 Å². The van der Waals surface area contributed by atoms with Gasteiger partial charge in [-0.15, -0.1) is 0 Å². The first-order valence-electron chi connectivity index (χ1n) is 6.71. The van der Waals surface area contributed by atoms with Gasteiger partial charge in [0.1, 0.15) is 5.82 Å². The average Bonchev–Trinajstić information content (AvgIpc) is 2.55. The van der Waals surface area contributed by atoms with Crippen LogP contribution in [0.4, 0.5) is 5.82 Å². The summed E-state index contributed by atoms with van der Waals surface area (Å²) >= 11 is 0. The standard InChI is InChI=1S/C14H25N3O2/c1-7-19-13(18)11-10(8-14(4,5)6)12(15)17(16-11)9(2)3/h9H,7-8,15H2,1-6H3. The van der Waals surface area contributed by atoms with Crippen molar-refractivity contribution in [3.05, 3.63) is 11.3 Å². The largest absolute Gasteiger partial charge is 0.461 e. The highest BCUT2D eigenvalue weighted by molar-refractivity contribution is 5.90. The van der Waals surface area contributed by atoms with E-state index in [0.29, 0.717) is 24.5 Å². The third-order valence-electron chi connectivity index (χ3n) is 2.71. The summed E-state index contributed by atoms with van der Waals surface area (Å²) in [7, 11) is 0. The molecule has 0 fully saturated rings. The SMILES string of the molecule is CCOC(=O)c1nn(C(C)C)c(N)c1CC(C)(C)C. The number of nitrogens with zero attached hydrogens (tertiary/aromatic N) is 2. The van der Waals surface area contributed by atoms with Gasteiger partial charge in [-0.05, 0) is 32.6 Å². The number of carbonyl (C=O) groups is 1. The van der Waals surface area contributed by atoms with Gasteiger partial charge in [0, 0.05) is 11.6 Å². The van der Waals surface area contributed by atoms with Crippen molar-refractivity contribution < 1.29 is 9.53 Å². The first-order chi connectivity index (χ1) is 8.67. The van der Waals surface area contributed by atoms with Gasteiger partial charge in [-0.3, -0.25) is 0 Å². The molecule has 0 bridgehead atoms. The Morgan fingerprint density at radius 3 is 2.42 bits per heavy atom. The molecule has 0 unspecified atom stereocenters. The zero-order valence-corrected chi connectivity index (χ0v) is 12.8. The van der Waals surface area contributed by atoms with Crippen LogP contribution < -0.4 is 5.73 Å². The van der Waals surface area contributed by atoms with E-state index in [0.717, 1.165) is 5.56 Å². The number of hydrogen-bond donors (Lipinski definition) is 1. The van der Waals surface area contributed by atoms with Crippen LogP contribution in [0.5, 0.6) is 0 Å². The van der Waals surface area contributed by atoms with E-state index >= 15 is 0 Å². The van der Waals surface area contributed by atoms with Gasteiger partial charge in [-0.1, -0.05) is 20.8 Å². The summed E-state index contributed by atoms with van der Waals surface area (Å²) < 4.78 is 6.75. The molecule has 0 saturated carbocycles. The summed E-state index contributed by atoms with van der Waals surface area (Å²) in [6, 6.07) is 0.113. The van der Waals surface area contributed by atoms with Gasteiger partial charge >= 0.3 is 5.97 Å². The van der Waals surface area contributed by atoms with E-state index in [1.54, 1.807) is 11.6 Å². The predicted octanol–water partition coefficient (Wildman–Crippen LogP) is 2.81. The van der Waals surface area contributed by atoms with Crippen molar-refractivity contribution in [3.63, 3.8) is 0 Å². The monoisotopic (exact) mass is 267 g/mol. The molecule has 0 aliphatic heterocycles. The number of ether oxygens (including phenoxy) is 1. The van der Waals surface area contributed by atoms with Gasteiger partial charge in [-0.2, -0.15) is 5.10 Å². The minimum absolute atomic E-state index is 0.0280. The second kappa shape index (κ2) is 5.63. The summed E-state index contributed by atoms with van der Waals surface area (Å²) in [5, 5.41) is 4.33. The maximum atomic E-state index is 12.0. The number of hydrogen-bond acceptors (Lipinski definition) is 4. The Morgan fingerprint density at radius 1 is 1.42 bits per heavy atom. The highest BCUT2D eigenvalue weighted by atomic mass is 16.5. The van der Waals surface area contributed by atoms with Crippen LogP contribution in [0, 0.1) is 5.41 Å². The number of anilines is 1. The maximum Gasteiger partial charge on any atom is 0.359 e. The quantitative estimate of drug-likeness (QED) is 0.852. The Balaban J connectivity index is 3.27. The molecule has 1 aromatic rings. The van der Waals surface area contributed by atoms with Crippen molar-refractivity contribution in [1.82, 2.24) is 9.78 Å². The molecule has 0 amide bonds. The van der Waals surface area contributed by atoms with E-state index in [1.165, 1.54) is 0 Å². The fourth-order valence-corrected chi connectivity index (χ4v) is 1.94. The lowest BCUT2D eigenvalue weighted by molar-refractivity contribution is 0.0516. The number of nitrogen functional groups attached to an aromatic ring is 1. The van der Waals surface area contributed by atoms with Crippen molar-refractivity contribution in [2.24, 2.45) is 5.41 Å². The molecular formula is C14H25N3O2. The van der Waals surface area contributed by atoms with Crippen molar-refractivity contribution in [2.45, 2.75) is 54.0 Å². The summed E-state index contributed by atoms with van der Waals surface area (Å²) in [5.41, 5.74) is 7.31. The van der Waals surface area contributed by atoms with E-state index in [4.69, 9.17) is 10.5 Å². The number of aromatic nitrogens is 2. The number of rotatable bonds is 4. The first-order valence-corrected chi connectivity index (χ1v) is 6.71. The van der Waals surface area contributed by atoms with Crippen LogP contribution in [0.2, 0.25) is 0 Å². The van der Waals surface area contributed by atoms with Crippen molar-refractivity contribution >= 4 is 11.8 Å². The van der Waals surface area contributed by atoms with Crippen LogP contribution in [-0.2, 0) is 11.2 Å². The van der Waals surface area contributed by atoms with Crippen molar-refractivity contribution in [1.29, 1.82) is 0 Å². The normalized spacial score (nSPS) is 11.9. The third kappa shape index (κ3) is 3.72. The van der Waals surface area contributed by atoms with Gasteiger partial charge in [0.05, 0.1) is 6.61 Å². The highest BCUT2D eigenvalue weighted by Crippen LogP contribution is 2.29. The molecule has 0 aliphatic rings. The maximum absolute atomic E-state index is 12.0. The summed E-state index contributed by atoms with van der Waals surface area (Å²) in [6.07, 6.45) is 0.694. The second-order valence-corrected chi connectivity index (χ2v) is 6.21. The zero-order valence-electron chi connectivity index (χ0n) is 12.8. The highest BCUT2D eigenvalue weighted by Gasteiger charge is 2.26. The van der Waals surface area contributed by atoms with Crippen LogP contribution in [0.1, 0.15) is 63.6 Å². The lowest BCUT2D eigenvalue weighted by Crippen LogP contribution is -2.15. The van der Waals surface area contributed by atoms with Gasteiger partial charge < -0.3 is 10.5 Å². The van der Waals surface area contributed by atoms with E-state index in [9.17, 15) is 4.79 Å². The number of nitrogens with two attached hydrogens (primary N) is 1. The average molecular weight is 267 g/mol. The minimum atomic E-state index is -0.396. The number of carbonyl (C=O) groups excluding carboxylic acids is 1. The fourth-order valence-electron chi connectivity index (χ4n) is 1.94. The van der Waals surface area contributed by atoms with E-state index < -0.39 is 5.97 Å². The molecule has 108 valence electrons. The van der Waals surface area contributed by atoms with Gasteiger partial charge in [0.2, 0.25) is 0 Å². The van der Waals surface area contributed by atoms with Gasteiger partial charge in [0.25, 0.3) is 0 Å². The Morgan fingerprint density at radius 2 is 2.00 bits per heavy atom. The molecule has 19 heavy (non-hydrogen) atoms. The first kappa shape index (κ1) is 15.5. The van der Waals surface area contributed by atoms with Crippen LogP contribution in [0.25, 0.3) is 0 Å². The molecular weight excluding hydrogens is 242 g/mol. The topological polar surface area (TPSA) is 70.1 Å². The molecule has 1 rings (SSSR count). The van der Waals surface area contributed by atoms with E-state index in [1.807, 2.05) is 13.8 Å². The Bertz CT molecular complexity index is 456. The number of esters is 1. The van der Waals surface area contributed by atoms with Crippen LogP contribution in [0.3, 0.4) is 0 Å². The van der Waals surface area contributed by atoms with Crippen LogP contribution in [-0.4, -0.2) is 22.4 Å². The van der Waals surface area contributed by atoms with E-state index in [-0.39, 0.29) is 11.5 Å². The Labute approximate surface area is 115 Å². The summed E-state index contributed by atoms with van der Waals surface area (Å²) in [5.74, 6) is 0.167. The second-order valence-electron chi connectivity index (χ2n) is 6.21. The van der Waals surface area contributed by atoms with Crippen molar-refractivity contribution in [3.8, 4) is 0 Å². The smallest absolute Gasteiger partial charge is 0.359 e. The molecule has 0 aromatic carbocycles. The lowest BCUT2D eigenvalue weighted by atomic mass is 9.88. The molecule has 1 heterocycles. The van der Waals surface area contributed by atoms with Gasteiger partial charge in [0.15, 0.2) is 5.69 Å². The molecule has 0 saturated heterocycles. The molecule has 0 aliphatic carbocycles. The molecule has 0 radical (unpaired) electrons. The molecule has 2 N–H and O–H groups in total. The Hall–Kier alpha value is -1.52. The third-order valence-corrected chi connectivity index (χ3v) is 2.71. The zero-order chi connectivity index (χ0) is 14.8. The van der Waals surface area contributed by atoms with Gasteiger partial charge in [-0.25, -0.2) is 9.48 Å². The molecule has 0 spiro atoms. The fraction of sp³-hybridized carbons (Fsp3) is 0.714. The molecule has 1 aromatic heterocycles. The minimum Gasteiger partial charge on any atom is -0.461 e. The summed E-state index contributed by atoms with van der Waals surface area (Å²) in [4.78, 5) is 12.0. The molecule has 5 heteroatoms. The lowest BCUT2D eigenvalue weighted by Gasteiger charge is -2.18. The molecule has 5 nitrogen and oxygen atoms in total.